The number of carbonyl (C=O) groups excluding carboxylic acids is 1. The standard InChI is InChI=1S/C15H16N2O3/c16-13-3-1-2-12(14(13)19)15(20)17-8-10-4-6-11(9-18)7-5-10/h1-7,18-19H,8-9,16H2,(H,17,20). The van der Waals surface area contributed by atoms with E-state index < -0.39 is 0 Å². The second-order valence-corrected chi connectivity index (χ2v) is 4.40. The van der Waals surface area contributed by atoms with Gasteiger partial charge in [-0.25, -0.2) is 0 Å². The smallest absolute Gasteiger partial charge is 0.255 e. The van der Waals surface area contributed by atoms with Crippen molar-refractivity contribution < 1.29 is 15.0 Å². The van der Waals surface area contributed by atoms with E-state index in [4.69, 9.17) is 10.8 Å². The molecule has 0 aliphatic carbocycles. The number of anilines is 1. The van der Waals surface area contributed by atoms with Crippen LogP contribution in [0.3, 0.4) is 0 Å². The third kappa shape index (κ3) is 3.07. The molecule has 0 atom stereocenters. The van der Waals surface area contributed by atoms with Crippen LogP contribution in [0, 0.1) is 0 Å². The van der Waals surface area contributed by atoms with E-state index in [1.807, 2.05) is 12.1 Å². The van der Waals surface area contributed by atoms with E-state index in [1.165, 1.54) is 12.1 Å². The number of nitrogen functional groups attached to an aromatic ring is 1. The zero-order chi connectivity index (χ0) is 14.5. The molecule has 0 fully saturated rings. The molecule has 0 saturated heterocycles. The van der Waals surface area contributed by atoms with Crippen molar-refractivity contribution in [3.8, 4) is 5.75 Å². The number of aliphatic hydroxyl groups excluding tert-OH is 1. The lowest BCUT2D eigenvalue weighted by molar-refractivity contribution is 0.0948. The van der Waals surface area contributed by atoms with Crippen LogP contribution < -0.4 is 11.1 Å². The molecule has 5 heteroatoms. The average Bonchev–Trinajstić information content (AvgIpc) is 2.48. The molecule has 0 spiro atoms. The van der Waals surface area contributed by atoms with Gasteiger partial charge >= 0.3 is 0 Å². The summed E-state index contributed by atoms with van der Waals surface area (Å²) in [6.45, 7) is 0.322. The van der Waals surface area contributed by atoms with Gasteiger partial charge in [-0.15, -0.1) is 0 Å². The van der Waals surface area contributed by atoms with E-state index in [0.717, 1.165) is 11.1 Å². The van der Waals surface area contributed by atoms with Crippen molar-refractivity contribution in [2.45, 2.75) is 13.2 Å². The summed E-state index contributed by atoms with van der Waals surface area (Å²) in [7, 11) is 0. The number of amides is 1. The highest BCUT2D eigenvalue weighted by atomic mass is 16.3. The van der Waals surface area contributed by atoms with Crippen LogP contribution >= 0.6 is 0 Å². The fourth-order valence-corrected chi connectivity index (χ4v) is 1.78. The largest absolute Gasteiger partial charge is 0.505 e. The number of aromatic hydroxyl groups is 1. The molecular weight excluding hydrogens is 256 g/mol. The molecule has 5 N–H and O–H groups in total. The number of aliphatic hydroxyl groups is 1. The summed E-state index contributed by atoms with van der Waals surface area (Å²) in [6.07, 6.45) is 0. The summed E-state index contributed by atoms with van der Waals surface area (Å²) in [4.78, 5) is 11.9. The summed E-state index contributed by atoms with van der Waals surface area (Å²) >= 11 is 0. The number of nitrogens with two attached hydrogens (primary N) is 1. The highest BCUT2D eigenvalue weighted by Crippen LogP contribution is 2.24. The van der Waals surface area contributed by atoms with E-state index in [9.17, 15) is 9.90 Å². The van der Waals surface area contributed by atoms with Crippen molar-refractivity contribution in [1.82, 2.24) is 5.32 Å². The van der Waals surface area contributed by atoms with Crippen molar-refractivity contribution in [3.05, 3.63) is 59.2 Å². The highest BCUT2D eigenvalue weighted by Gasteiger charge is 2.12. The van der Waals surface area contributed by atoms with Crippen molar-refractivity contribution in [2.75, 3.05) is 5.73 Å². The molecule has 0 heterocycles. The molecule has 20 heavy (non-hydrogen) atoms. The Morgan fingerprint density at radius 3 is 2.40 bits per heavy atom. The second-order valence-electron chi connectivity index (χ2n) is 4.40. The van der Waals surface area contributed by atoms with Crippen LogP contribution in [-0.2, 0) is 13.2 Å². The number of hydrogen-bond donors (Lipinski definition) is 4. The lowest BCUT2D eigenvalue weighted by Crippen LogP contribution is -2.23. The molecule has 104 valence electrons. The number of carbonyl (C=O) groups is 1. The van der Waals surface area contributed by atoms with Gasteiger partial charge in [0.15, 0.2) is 5.75 Å². The van der Waals surface area contributed by atoms with Gasteiger partial charge in [0.05, 0.1) is 17.9 Å². The molecule has 0 aromatic heterocycles. The first-order valence-electron chi connectivity index (χ1n) is 6.16. The number of phenolic OH excluding ortho intramolecular Hbond substituents is 1. The van der Waals surface area contributed by atoms with Gasteiger partial charge in [0.25, 0.3) is 5.91 Å². The van der Waals surface area contributed by atoms with Gasteiger partial charge in [-0.1, -0.05) is 30.3 Å². The summed E-state index contributed by atoms with van der Waals surface area (Å²) < 4.78 is 0. The Morgan fingerprint density at radius 2 is 1.75 bits per heavy atom. The van der Waals surface area contributed by atoms with E-state index in [-0.39, 0.29) is 29.5 Å². The average molecular weight is 272 g/mol. The predicted octanol–water partition coefficient (Wildman–Crippen LogP) is 1.40. The Hall–Kier alpha value is -2.53. The Labute approximate surface area is 116 Å². The second kappa shape index (κ2) is 6.08. The Kier molecular flexibility index (Phi) is 4.22. The number of para-hydroxylation sites is 1. The van der Waals surface area contributed by atoms with Crippen LogP contribution in [-0.4, -0.2) is 16.1 Å². The van der Waals surface area contributed by atoms with Gasteiger partial charge in [-0.3, -0.25) is 4.79 Å². The summed E-state index contributed by atoms with van der Waals surface area (Å²) in [5.41, 5.74) is 7.58. The maximum absolute atomic E-state index is 11.9. The quantitative estimate of drug-likeness (QED) is 0.499. The van der Waals surface area contributed by atoms with Crippen LogP contribution in [0.5, 0.6) is 5.75 Å². The lowest BCUT2D eigenvalue weighted by Gasteiger charge is -2.08. The van der Waals surface area contributed by atoms with Gasteiger partial charge in [-0.05, 0) is 23.3 Å². The van der Waals surface area contributed by atoms with Crippen molar-refractivity contribution in [3.63, 3.8) is 0 Å². The Bertz CT molecular complexity index is 609. The predicted molar refractivity (Wildman–Crippen MR) is 76.1 cm³/mol. The third-order valence-electron chi connectivity index (χ3n) is 2.97. The highest BCUT2D eigenvalue weighted by molar-refractivity contribution is 5.98. The molecule has 2 aromatic carbocycles. The monoisotopic (exact) mass is 272 g/mol. The molecular formula is C15H16N2O3. The first-order valence-corrected chi connectivity index (χ1v) is 6.16. The zero-order valence-electron chi connectivity index (χ0n) is 10.8. The maximum Gasteiger partial charge on any atom is 0.255 e. The molecule has 2 rings (SSSR count). The van der Waals surface area contributed by atoms with Gasteiger partial charge in [-0.2, -0.15) is 0 Å². The molecule has 0 unspecified atom stereocenters. The van der Waals surface area contributed by atoms with Crippen LogP contribution in [0.15, 0.2) is 42.5 Å². The molecule has 1 amide bonds. The first-order chi connectivity index (χ1) is 9.61. The molecule has 0 saturated carbocycles. The number of benzene rings is 2. The number of rotatable bonds is 4. The molecule has 2 aromatic rings. The fourth-order valence-electron chi connectivity index (χ4n) is 1.78. The molecule has 0 radical (unpaired) electrons. The SMILES string of the molecule is Nc1cccc(C(=O)NCc2ccc(CO)cc2)c1O. The van der Waals surface area contributed by atoms with Gasteiger partial charge < -0.3 is 21.3 Å². The third-order valence-corrected chi connectivity index (χ3v) is 2.97. The van der Waals surface area contributed by atoms with E-state index in [2.05, 4.69) is 5.32 Å². The molecule has 0 bridgehead atoms. The first kappa shape index (κ1) is 13.9. The van der Waals surface area contributed by atoms with Crippen LogP contribution in [0.25, 0.3) is 0 Å². The van der Waals surface area contributed by atoms with Gasteiger partial charge in [0.1, 0.15) is 0 Å². The Balaban J connectivity index is 2.02. The van der Waals surface area contributed by atoms with E-state index in [0.29, 0.717) is 6.54 Å². The Morgan fingerprint density at radius 1 is 1.10 bits per heavy atom. The minimum Gasteiger partial charge on any atom is -0.505 e. The number of phenols is 1. The molecule has 5 nitrogen and oxygen atoms in total. The molecule has 0 aliphatic rings. The fraction of sp³-hybridized carbons (Fsp3) is 0.133. The van der Waals surface area contributed by atoms with Gasteiger partial charge in [0.2, 0.25) is 0 Å². The maximum atomic E-state index is 11.9. The van der Waals surface area contributed by atoms with E-state index in [1.54, 1.807) is 18.2 Å². The minimum absolute atomic E-state index is 0.0101. The topological polar surface area (TPSA) is 95.6 Å². The van der Waals surface area contributed by atoms with Gasteiger partial charge in [0, 0.05) is 6.54 Å². The van der Waals surface area contributed by atoms with Crippen LogP contribution in [0.4, 0.5) is 5.69 Å². The number of hydrogen-bond acceptors (Lipinski definition) is 4. The van der Waals surface area contributed by atoms with Crippen LogP contribution in [0.1, 0.15) is 21.5 Å². The normalized spacial score (nSPS) is 10.2. The molecule has 0 aliphatic heterocycles. The summed E-state index contributed by atoms with van der Waals surface area (Å²) in [5.74, 6) is -0.596. The van der Waals surface area contributed by atoms with E-state index >= 15 is 0 Å². The lowest BCUT2D eigenvalue weighted by atomic mass is 10.1. The van der Waals surface area contributed by atoms with Crippen molar-refractivity contribution in [2.24, 2.45) is 0 Å². The minimum atomic E-state index is -0.388. The van der Waals surface area contributed by atoms with Crippen molar-refractivity contribution >= 4 is 11.6 Å². The van der Waals surface area contributed by atoms with Crippen molar-refractivity contribution in [1.29, 1.82) is 0 Å². The number of nitrogens with one attached hydrogen (secondary N) is 1. The summed E-state index contributed by atoms with van der Waals surface area (Å²) in [5, 5.41) is 21.4. The summed E-state index contributed by atoms with van der Waals surface area (Å²) in [6, 6.07) is 11.9. The van der Waals surface area contributed by atoms with Crippen LogP contribution in [0.2, 0.25) is 0 Å². The zero-order valence-corrected chi connectivity index (χ0v) is 10.8.